The van der Waals surface area contributed by atoms with Crippen LogP contribution in [0.2, 0.25) is 0 Å². The number of carboxylic acids is 1. The largest absolute Gasteiger partial charge is 0.478 e. The molecule has 0 radical (unpaired) electrons. The van der Waals surface area contributed by atoms with Crippen molar-refractivity contribution >= 4 is 17.7 Å². The number of halogens is 3. The van der Waals surface area contributed by atoms with Gasteiger partial charge in [-0.3, -0.25) is 0 Å². The van der Waals surface area contributed by atoms with E-state index >= 15 is 8.78 Å². The number of aromatic carboxylic acids is 1. The molecule has 36 heavy (non-hydrogen) atoms. The van der Waals surface area contributed by atoms with E-state index in [1.165, 1.54) is 4.90 Å². The van der Waals surface area contributed by atoms with E-state index < -0.39 is 52.3 Å². The number of nitrogens with zero attached hydrogens (tertiary/aromatic N) is 3. The van der Waals surface area contributed by atoms with Crippen LogP contribution in [0, 0.1) is 24.4 Å². The molecule has 0 bridgehead atoms. The zero-order valence-corrected chi connectivity index (χ0v) is 20.3. The van der Waals surface area contributed by atoms with E-state index in [1.54, 1.807) is 43.5 Å². The highest BCUT2D eigenvalue weighted by atomic mass is 19.2. The van der Waals surface area contributed by atoms with Crippen LogP contribution >= 0.6 is 0 Å². The number of carbonyl (C=O) groups excluding carboxylic acids is 1. The van der Waals surface area contributed by atoms with Crippen molar-refractivity contribution in [3.05, 3.63) is 58.7 Å². The van der Waals surface area contributed by atoms with Gasteiger partial charge < -0.3 is 23.9 Å². The van der Waals surface area contributed by atoms with Crippen LogP contribution in [0.25, 0.3) is 16.9 Å². The van der Waals surface area contributed by atoms with Gasteiger partial charge in [0, 0.05) is 19.2 Å². The Hall–Kier alpha value is -3.60. The molecule has 1 aliphatic heterocycles. The Morgan fingerprint density at radius 2 is 1.94 bits per heavy atom. The summed E-state index contributed by atoms with van der Waals surface area (Å²) in [7, 11) is 0. The highest BCUT2D eigenvalue weighted by molar-refractivity contribution is 5.89. The molecule has 1 aliphatic rings. The zero-order valence-electron chi connectivity index (χ0n) is 20.3. The number of carbonyl (C=O) groups is 2. The van der Waals surface area contributed by atoms with Gasteiger partial charge >= 0.3 is 12.1 Å². The molecule has 1 fully saturated rings. The van der Waals surface area contributed by atoms with Crippen molar-refractivity contribution < 1.29 is 37.3 Å². The smallest absolute Gasteiger partial charge is 0.410 e. The molecule has 8 nitrogen and oxygen atoms in total. The van der Waals surface area contributed by atoms with Crippen LogP contribution in [-0.4, -0.2) is 62.9 Å². The topological polar surface area (TPSA) is 93.4 Å². The van der Waals surface area contributed by atoms with E-state index in [4.69, 9.17) is 14.6 Å². The average molecular weight is 505 g/mol. The lowest BCUT2D eigenvalue weighted by Crippen LogP contribution is -2.48. The first-order valence-corrected chi connectivity index (χ1v) is 11.3. The third-order valence-corrected chi connectivity index (χ3v) is 5.72. The summed E-state index contributed by atoms with van der Waals surface area (Å²) in [5, 5.41) is 9.08. The van der Waals surface area contributed by atoms with Crippen molar-refractivity contribution in [2.45, 2.75) is 45.8 Å². The maximum absolute atomic E-state index is 15.0. The fraction of sp³-hybridized carbons (Fsp3) is 0.400. The van der Waals surface area contributed by atoms with Crippen LogP contribution in [0.4, 0.5) is 18.0 Å². The quantitative estimate of drug-likeness (QED) is 0.521. The van der Waals surface area contributed by atoms with Crippen molar-refractivity contribution in [1.29, 1.82) is 0 Å². The summed E-state index contributed by atoms with van der Waals surface area (Å²) in [6.45, 7) is 7.79. The normalized spacial score (nSPS) is 16.4. The second kappa shape index (κ2) is 9.45. The summed E-state index contributed by atoms with van der Waals surface area (Å²) >= 11 is 0. The highest BCUT2D eigenvalue weighted by Gasteiger charge is 2.32. The molecule has 4 rings (SSSR count). The summed E-state index contributed by atoms with van der Waals surface area (Å²) < 4.78 is 57.4. The molecule has 0 saturated carbocycles. The molecule has 1 aromatic carbocycles. The number of hydrogen-bond donors (Lipinski definition) is 1. The Morgan fingerprint density at radius 3 is 2.61 bits per heavy atom. The van der Waals surface area contributed by atoms with Crippen molar-refractivity contribution in [2.75, 3.05) is 19.7 Å². The number of pyridine rings is 1. The van der Waals surface area contributed by atoms with Gasteiger partial charge in [-0.2, -0.15) is 0 Å². The Labute approximate surface area is 205 Å². The number of carboxylic acid groups (broad SMARTS) is 1. The van der Waals surface area contributed by atoms with Gasteiger partial charge in [0.1, 0.15) is 22.6 Å². The minimum Gasteiger partial charge on any atom is -0.478 e. The van der Waals surface area contributed by atoms with Gasteiger partial charge in [-0.15, -0.1) is 0 Å². The first kappa shape index (κ1) is 25.5. The third kappa shape index (κ3) is 5.01. The molecular formula is C25H26F3N3O5. The van der Waals surface area contributed by atoms with Gasteiger partial charge in [-0.05, 0) is 51.5 Å². The summed E-state index contributed by atoms with van der Waals surface area (Å²) in [4.78, 5) is 29.6. The van der Waals surface area contributed by atoms with Gasteiger partial charge in [0.25, 0.3) is 0 Å². The fourth-order valence-electron chi connectivity index (χ4n) is 4.11. The van der Waals surface area contributed by atoms with Crippen molar-refractivity contribution in [3.63, 3.8) is 0 Å². The third-order valence-electron chi connectivity index (χ3n) is 5.72. The van der Waals surface area contributed by atoms with E-state index in [-0.39, 0.29) is 25.3 Å². The van der Waals surface area contributed by atoms with Crippen molar-refractivity contribution in [1.82, 2.24) is 14.3 Å². The molecular weight excluding hydrogens is 479 g/mol. The lowest BCUT2D eigenvalue weighted by molar-refractivity contribution is -0.0418. The monoisotopic (exact) mass is 505 g/mol. The predicted molar refractivity (Wildman–Crippen MR) is 123 cm³/mol. The number of fused-ring (bicyclic) bond motifs is 1. The molecule has 3 aromatic rings. The lowest BCUT2D eigenvalue weighted by Gasteiger charge is -2.34. The number of morpholine rings is 1. The predicted octanol–water partition coefficient (Wildman–Crippen LogP) is 4.60. The van der Waals surface area contributed by atoms with Gasteiger partial charge in [0.05, 0.1) is 36.2 Å². The average Bonchev–Trinajstić information content (AvgIpc) is 3.12. The van der Waals surface area contributed by atoms with Crippen molar-refractivity contribution in [3.8, 4) is 11.3 Å². The van der Waals surface area contributed by atoms with Crippen LogP contribution in [0.1, 0.15) is 42.4 Å². The lowest BCUT2D eigenvalue weighted by atomic mass is 10.0. The van der Waals surface area contributed by atoms with Gasteiger partial charge in [-0.1, -0.05) is 0 Å². The van der Waals surface area contributed by atoms with Crippen LogP contribution < -0.4 is 0 Å². The Bertz CT molecular complexity index is 1350. The van der Waals surface area contributed by atoms with Gasteiger partial charge in [0.2, 0.25) is 0 Å². The number of amides is 1. The second-order valence-electron chi connectivity index (χ2n) is 9.68. The molecule has 0 aliphatic carbocycles. The molecule has 1 N–H and O–H groups in total. The van der Waals surface area contributed by atoms with E-state index in [9.17, 15) is 14.0 Å². The van der Waals surface area contributed by atoms with Gasteiger partial charge in [0.15, 0.2) is 11.6 Å². The van der Waals surface area contributed by atoms with Crippen LogP contribution in [0.15, 0.2) is 24.4 Å². The summed E-state index contributed by atoms with van der Waals surface area (Å²) in [6.07, 6.45) is 0.677. The Balaban J connectivity index is 1.76. The van der Waals surface area contributed by atoms with E-state index in [0.717, 1.165) is 5.56 Å². The first-order chi connectivity index (χ1) is 16.9. The molecule has 192 valence electrons. The number of ether oxygens (including phenoxy) is 2. The van der Waals surface area contributed by atoms with Crippen LogP contribution in [-0.2, 0) is 15.9 Å². The summed E-state index contributed by atoms with van der Waals surface area (Å²) in [5.74, 6) is -6.37. The highest BCUT2D eigenvalue weighted by Crippen LogP contribution is 2.33. The van der Waals surface area contributed by atoms with Crippen LogP contribution in [0.3, 0.4) is 0 Å². The van der Waals surface area contributed by atoms with E-state index in [2.05, 4.69) is 4.98 Å². The summed E-state index contributed by atoms with van der Waals surface area (Å²) in [6, 6.07) is 3.91. The standard InChI is InChI=1S/C25H26F3N3O5/c1-13-5-6-31-17(10-14-12-30(7-8-35-14)24(34)36-25(2,3)4)22(29-18(31)9-13)19-16(26)11-15(23(32)33)20(27)21(19)28/h5-6,9,11,14H,7-8,10,12H2,1-4H3,(H,32,33). The number of benzene rings is 1. The fourth-order valence-corrected chi connectivity index (χ4v) is 4.11. The number of rotatable bonds is 4. The molecule has 0 spiro atoms. The number of imidazole rings is 1. The second-order valence-corrected chi connectivity index (χ2v) is 9.68. The number of hydrogen-bond acceptors (Lipinski definition) is 5. The maximum atomic E-state index is 15.0. The van der Waals surface area contributed by atoms with E-state index in [1.807, 2.05) is 6.92 Å². The molecule has 3 heterocycles. The van der Waals surface area contributed by atoms with Gasteiger partial charge in [-0.25, -0.2) is 27.7 Å². The maximum Gasteiger partial charge on any atom is 0.410 e. The SMILES string of the molecule is Cc1ccn2c(CC3CN(C(=O)OC(C)(C)C)CCO3)c(-c3c(F)cc(C(=O)O)c(F)c3F)nc2c1. The Morgan fingerprint density at radius 1 is 1.22 bits per heavy atom. The van der Waals surface area contributed by atoms with E-state index in [0.29, 0.717) is 24.0 Å². The molecule has 1 amide bonds. The molecule has 1 saturated heterocycles. The number of aromatic nitrogens is 2. The molecule has 1 atom stereocenters. The van der Waals surface area contributed by atoms with Crippen molar-refractivity contribution in [2.24, 2.45) is 0 Å². The number of aryl methyl sites for hydroxylation is 1. The molecule has 1 unspecified atom stereocenters. The minimum atomic E-state index is -1.79. The first-order valence-electron chi connectivity index (χ1n) is 11.3. The van der Waals surface area contributed by atoms with Crippen LogP contribution in [0.5, 0.6) is 0 Å². The zero-order chi connectivity index (χ0) is 26.4. The minimum absolute atomic E-state index is 0.0834. The Kier molecular flexibility index (Phi) is 6.70. The molecule has 2 aromatic heterocycles. The summed E-state index contributed by atoms with van der Waals surface area (Å²) in [5.41, 5.74) is -1.22. The molecule has 11 heteroatoms.